The van der Waals surface area contributed by atoms with E-state index in [9.17, 15) is 9.59 Å². The third-order valence-electron chi connectivity index (χ3n) is 3.88. The van der Waals surface area contributed by atoms with Crippen LogP contribution in [0.4, 0.5) is 0 Å². The number of rotatable bonds is 7. The number of aryl methyl sites for hydroxylation is 1. The van der Waals surface area contributed by atoms with E-state index in [1.165, 1.54) is 25.7 Å². The standard InChI is InChI=1S/C15H23N3O4/c1-10(15-17-11(2)18-22-15)21-14(20)9-16-13(19)8-7-12-5-3-4-6-12/h10,12H,3-9H2,1-2H3,(H,16,19)/t10-/m1/s1. The highest BCUT2D eigenvalue weighted by Gasteiger charge is 2.19. The maximum Gasteiger partial charge on any atom is 0.326 e. The van der Waals surface area contributed by atoms with Crippen LogP contribution < -0.4 is 5.32 Å². The fourth-order valence-corrected chi connectivity index (χ4v) is 2.66. The first-order valence-corrected chi connectivity index (χ1v) is 7.81. The van der Waals surface area contributed by atoms with Crippen LogP contribution >= 0.6 is 0 Å². The van der Waals surface area contributed by atoms with Gasteiger partial charge in [-0.05, 0) is 26.2 Å². The van der Waals surface area contributed by atoms with Gasteiger partial charge < -0.3 is 14.6 Å². The van der Waals surface area contributed by atoms with Crippen molar-refractivity contribution < 1.29 is 18.8 Å². The summed E-state index contributed by atoms with van der Waals surface area (Å²) in [5.41, 5.74) is 0. The summed E-state index contributed by atoms with van der Waals surface area (Å²) in [4.78, 5) is 27.4. The molecule has 0 aromatic carbocycles. The third-order valence-corrected chi connectivity index (χ3v) is 3.88. The van der Waals surface area contributed by atoms with Gasteiger partial charge in [-0.3, -0.25) is 9.59 Å². The third kappa shape index (κ3) is 5.13. The number of esters is 1. The van der Waals surface area contributed by atoms with Gasteiger partial charge in [-0.15, -0.1) is 0 Å². The van der Waals surface area contributed by atoms with E-state index in [1.807, 2.05) is 0 Å². The van der Waals surface area contributed by atoms with Crippen molar-refractivity contribution in [3.8, 4) is 0 Å². The van der Waals surface area contributed by atoms with E-state index < -0.39 is 12.1 Å². The smallest absolute Gasteiger partial charge is 0.326 e. The predicted molar refractivity (Wildman–Crippen MR) is 77.7 cm³/mol. The van der Waals surface area contributed by atoms with Gasteiger partial charge in [0.15, 0.2) is 11.9 Å². The van der Waals surface area contributed by atoms with Crippen molar-refractivity contribution in [2.24, 2.45) is 5.92 Å². The lowest BCUT2D eigenvalue weighted by molar-refractivity contribution is -0.149. The van der Waals surface area contributed by atoms with Crippen LogP contribution in [0.2, 0.25) is 0 Å². The van der Waals surface area contributed by atoms with Crippen molar-refractivity contribution >= 4 is 11.9 Å². The molecule has 1 atom stereocenters. The molecule has 1 saturated carbocycles. The van der Waals surface area contributed by atoms with Crippen LogP contribution in [-0.2, 0) is 14.3 Å². The average Bonchev–Trinajstić information content (AvgIpc) is 3.14. The van der Waals surface area contributed by atoms with Crippen LogP contribution in [0.3, 0.4) is 0 Å². The Bertz CT molecular complexity index is 509. The van der Waals surface area contributed by atoms with Crippen molar-refractivity contribution in [2.45, 2.75) is 58.5 Å². The summed E-state index contributed by atoms with van der Waals surface area (Å²) in [6.45, 7) is 3.19. The fourth-order valence-electron chi connectivity index (χ4n) is 2.66. The minimum atomic E-state index is -0.621. The summed E-state index contributed by atoms with van der Waals surface area (Å²) in [5, 5.41) is 6.22. The zero-order valence-corrected chi connectivity index (χ0v) is 13.1. The molecule has 7 heteroatoms. The summed E-state index contributed by atoms with van der Waals surface area (Å²) in [5.74, 6) is 0.776. The van der Waals surface area contributed by atoms with Crippen molar-refractivity contribution in [1.82, 2.24) is 15.5 Å². The zero-order chi connectivity index (χ0) is 15.9. The highest BCUT2D eigenvalue weighted by atomic mass is 16.6. The lowest BCUT2D eigenvalue weighted by Crippen LogP contribution is -2.31. The largest absolute Gasteiger partial charge is 0.451 e. The lowest BCUT2D eigenvalue weighted by Gasteiger charge is -2.11. The Hall–Kier alpha value is -1.92. The maximum atomic E-state index is 11.7. The molecule has 122 valence electrons. The molecule has 0 radical (unpaired) electrons. The molecule has 1 heterocycles. The predicted octanol–water partition coefficient (Wildman–Crippen LogP) is 2.07. The number of hydrogen-bond donors (Lipinski definition) is 1. The molecule has 1 aromatic heterocycles. The Morgan fingerprint density at radius 3 is 2.77 bits per heavy atom. The number of hydrogen-bond acceptors (Lipinski definition) is 6. The first-order valence-electron chi connectivity index (χ1n) is 7.81. The van der Waals surface area contributed by atoms with E-state index in [1.54, 1.807) is 13.8 Å². The van der Waals surface area contributed by atoms with E-state index in [4.69, 9.17) is 9.26 Å². The normalized spacial score (nSPS) is 16.5. The van der Waals surface area contributed by atoms with Crippen LogP contribution in [0, 0.1) is 12.8 Å². The second kappa shape index (κ2) is 7.91. The summed E-state index contributed by atoms with van der Waals surface area (Å²) >= 11 is 0. The molecule has 1 amide bonds. The van der Waals surface area contributed by atoms with Gasteiger partial charge in [-0.25, -0.2) is 0 Å². The summed E-state index contributed by atoms with van der Waals surface area (Å²) in [6, 6.07) is 0. The number of carbonyl (C=O) groups is 2. The summed E-state index contributed by atoms with van der Waals surface area (Å²) in [7, 11) is 0. The van der Waals surface area contributed by atoms with Crippen LogP contribution in [0.1, 0.15) is 63.3 Å². The summed E-state index contributed by atoms with van der Waals surface area (Å²) < 4.78 is 10.1. The lowest BCUT2D eigenvalue weighted by atomic mass is 10.0. The van der Waals surface area contributed by atoms with Crippen molar-refractivity contribution in [3.63, 3.8) is 0 Å². The SMILES string of the molecule is Cc1noc([C@@H](C)OC(=O)CNC(=O)CCC2CCCC2)n1. The molecule has 0 unspecified atom stereocenters. The topological polar surface area (TPSA) is 94.3 Å². The minimum Gasteiger partial charge on any atom is -0.451 e. The monoisotopic (exact) mass is 309 g/mol. The average molecular weight is 309 g/mol. The maximum absolute atomic E-state index is 11.7. The van der Waals surface area contributed by atoms with Crippen LogP contribution in [0.5, 0.6) is 0 Å². The van der Waals surface area contributed by atoms with Gasteiger partial charge in [-0.1, -0.05) is 30.8 Å². The van der Waals surface area contributed by atoms with E-state index in [-0.39, 0.29) is 18.3 Å². The van der Waals surface area contributed by atoms with Gasteiger partial charge in [-0.2, -0.15) is 4.98 Å². The highest BCUT2D eigenvalue weighted by Crippen LogP contribution is 2.28. The molecule has 0 saturated heterocycles. The summed E-state index contributed by atoms with van der Waals surface area (Å²) in [6.07, 6.45) is 5.73. The quantitative estimate of drug-likeness (QED) is 0.775. The van der Waals surface area contributed by atoms with E-state index in [0.29, 0.717) is 18.2 Å². The number of amides is 1. The molecule has 7 nitrogen and oxygen atoms in total. The van der Waals surface area contributed by atoms with Gasteiger partial charge in [0.1, 0.15) is 6.54 Å². The van der Waals surface area contributed by atoms with Gasteiger partial charge in [0.25, 0.3) is 5.89 Å². The van der Waals surface area contributed by atoms with E-state index in [0.717, 1.165) is 6.42 Å². The van der Waals surface area contributed by atoms with E-state index in [2.05, 4.69) is 15.5 Å². The molecule has 1 aliphatic carbocycles. The highest BCUT2D eigenvalue weighted by molar-refractivity contribution is 5.81. The molecule has 1 N–H and O–H groups in total. The van der Waals surface area contributed by atoms with Gasteiger partial charge >= 0.3 is 5.97 Å². The Kier molecular flexibility index (Phi) is 5.91. The number of nitrogens with zero attached hydrogens (tertiary/aromatic N) is 2. The molecule has 1 fully saturated rings. The molecule has 2 rings (SSSR count). The van der Waals surface area contributed by atoms with Gasteiger partial charge in [0.2, 0.25) is 5.91 Å². The Morgan fingerprint density at radius 1 is 1.41 bits per heavy atom. The first kappa shape index (κ1) is 16.5. The molecule has 0 aliphatic heterocycles. The van der Waals surface area contributed by atoms with Crippen LogP contribution in [-0.4, -0.2) is 28.6 Å². The molecule has 1 aromatic rings. The number of carbonyl (C=O) groups excluding carboxylic acids is 2. The zero-order valence-electron chi connectivity index (χ0n) is 13.1. The van der Waals surface area contributed by atoms with Gasteiger partial charge in [0.05, 0.1) is 0 Å². The second-order valence-corrected chi connectivity index (χ2v) is 5.78. The first-order chi connectivity index (χ1) is 10.5. The van der Waals surface area contributed by atoms with Crippen LogP contribution in [0.25, 0.3) is 0 Å². The Balaban J connectivity index is 1.63. The minimum absolute atomic E-state index is 0.106. The molecule has 22 heavy (non-hydrogen) atoms. The molecule has 0 spiro atoms. The number of nitrogens with one attached hydrogen (secondary N) is 1. The van der Waals surface area contributed by atoms with E-state index >= 15 is 0 Å². The molecule has 0 bridgehead atoms. The Morgan fingerprint density at radius 2 is 2.14 bits per heavy atom. The fraction of sp³-hybridized carbons (Fsp3) is 0.733. The number of ether oxygens (including phenoxy) is 1. The van der Waals surface area contributed by atoms with Crippen molar-refractivity contribution in [1.29, 1.82) is 0 Å². The molecule has 1 aliphatic rings. The molecular formula is C15H23N3O4. The number of aromatic nitrogens is 2. The van der Waals surface area contributed by atoms with Crippen LogP contribution in [0.15, 0.2) is 4.52 Å². The Labute approximate surface area is 129 Å². The van der Waals surface area contributed by atoms with Crippen molar-refractivity contribution in [2.75, 3.05) is 6.54 Å². The van der Waals surface area contributed by atoms with Gasteiger partial charge in [0, 0.05) is 6.42 Å². The van der Waals surface area contributed by atoms with Crippen molar-refractivity contribution in [3.05, 3.63) is 11.7 Å². The second-order valence-electron chi connectivity index (χ2n) is 5.78. The molecular weight excluding hydrogens is 286 g/mol.